The van der Waals surface area contributed by atoms with E-state index >= 15 is 0 Å². The van der Waals surface area contributed by atoms with E-state index in [0.29, 0.717) is 46.1 Å². The van der Waals surface area contributed by atoms with Gasteiger partial charge in [-0.2, -0.15) is 0 Å². The molecular weight excluding hydrogens is 432 g/mol. The van der Waals surface area contributed by atoms with E-state index in [9.17, 15) is 5.11 Å². The fourth-order valence-corrected chi connectivity index (χ4v) is 16.7. The van der Waals surface area contributed by atoms with Gasteiger partial charge < -0.3 is 9.53 Å². The molecule has 4 aliphatic carbocycles. The molecule has 4 saturated carbocycles. The SMILES string of the molecule is CC(CO)[C@H]1CC[C@H]2[C@@H]3CC[C@H]4C[C@@H](O[Si](C(C)C)(C(C)C)C(C)C)CC[C@]4(C)[C@H]3CC[C@]12C. The van der Waals surface area contributed by atoms with Gasteiger partial charge in [0, 0.05) is 12.7 Å². The normalized spacial score (nSPS) is 43.7. The van der Waals surface area contributed by atoms with Crippen LogP contribution >= 0.6 is 0 Å². The van der Waals surface area contributed by atoms with Gasteiger partial charge in [-0.3, -0.25) is 0 Å². The average Bonchev–Trinajstić information content (AvgIpc) is 3.13. The average molecular weight is 491 g/mol. The maximum absolute atomic E-state index is 9.93. The highest BCUT2D eigenvalue weighted by atomic mass is 28.4. The Morgan fingerprint density at radius 2 is 1.35 bits per heavy atom. The van der Waals surface area contributed by atoms with Crippen LogP contribution in [0.2, 0.25) is 16.6 Å². The molecule has 0 bridgehead atoms. The third kappa shape index (κ3) is 4.10. The molecule has 4 rings (SSSR count). The van der Waals surface area contributed by atoms with E-state index in [1.54, 1.807) is 0 Å². The smallest absolute Gasteiger partial charge is 0.200 e. The highest BCUT2D eigenvalue weighted by molar-refractivity contribution is 6.77. The molecule has 2 nitrogen and oxygen atoms in total. The molecule has 0 aliphatic heterocycles. The van der Waals surface area contributed by atoms with Crippen LogP contribution in [0.4, 0.5) is 0 Å². The molecule has 3 heteroatoms. The van der Waals surface area contributed by atoms with Crippen molar-refractivity contribution in [2.45, 2.75) is 143 Å². The number of fused-ring (bicyclic) bond motifs is 5. The Kier molecular flexibility index (Phi) is 7.82. The molecule has 1 N–H and O–H groups in total. The maximum atomic E-state index is 9.93. The fourth-order valence-electron chi connectivity index (χ4n) is 11.1. The van der Waals surface area contributed by atoms with Crippen LogP contribution < -0.4 is 0 Å². The van der Waals surface area contributed by atoms with Gasteiger partial charge in [-0.1, -0.05) is 62.3 Å². The molecular formula is C31H58O2Si. The summed E-state index contributed by atoms with van der Waals surface area (Å²) in [6.45, 7) is 22.6. The summed E-state index contributed by atoms with van der Waals surface area (Å²) in [5, 5.41) is 9.93. The predicted molar refractivity (Wildman–Crippen MR) is 147 cm³/mol. The van der Waals surface area contributed by atoms with Crippen LogP contribution in [0.5, 0.6) is 0 Å². The third-order valence-electron chi connectivity index (χ3n) is 12.7. The first-order chi connectivity index (χ1) is 15.9. The summed E-state index contributed by atoms with van der Waals surface area (Å²) < 4.78 is 7.35. The van der Waals surface area contributed by atoms with Gasteiger partial charge in [-0.25, -0.2) is 0 Å². The molecule has 0 heterocycles. The number of hydrogen-bond acceptors (Lipinski definition) is 2. The van der Waals surface area contributed by atoms with E-state index in [0.717, 1.165) is 29.6 Å². The molecule has 34 heavy (non-hydrogen) atoms. The fraction of sp³-hybridized carbons (Fsp3) is 1.00. The summed E-state index contributed by atoms with van der Waals surface area (Å²) in [4.78, 5) is 0. The first kappa shape index (κ1) is 27.2. The third-order valence-corrected chi connectivity index (χ3v) is 18.9. The number of aliphatic hydroxyl groups is 1. The molecule has 4 fully saturated rings. The topological polar surface area (TPSA) is 29.5 Å². The van der Waals surface area contributed by atoms with E-state index < -0.39 is 8.32 Å². The summed E-state index contributed by atoms with van der Waals surface area (Å²) in [7, 11) is -1.80. The molecule has 1 unspecified atom stereocenters. The summed E-state index contributed by atoms with van der Waals surface area (Å²) in [5.74, 6) is 4.83. The second-order valence-corrected chi connectivity index (χ2v) is 20.3. The minimum Gasteiger partial charge on any atom is -0.413 e. The number of hydrogen-bond donors (Lipinski definition) is 1. The second-order valence-electron chi connectivity index (χ2n) is 14.9. The Labute approximate surface area is 213 Å². The van der Waals surface area contributed by atoms with E-state index in [-0.39, 0.29) is 0 Å². The zero-order chi connectivity index (χ0) is 25.1. The molecule has 4 aliphatic rings. The van der Waals surface area contributed by atoms with Crippen molar-refractivity contribution < 1.29 is 9.53 Å². The highest BCUT2D eigenvalue weighted by Crippen LogP contribution is 2.68. The van der Waals surface area contributed by atoms with Crippen LogP contribution in [-0.2, 0) is 4.43 Å². The van der Waals surface area contributed by atoms with Gasteiger partial charge >= 0.3 is 0 Å². The summed E-state index contributed by atoms with van der Waals surface area (Å²) >= 11 is 0. The van der Waals surface area contributed by atoms with Crippen molar-refractivity contribution in [3.63, 3.8) is 0 Å². The van der Waals surface area contributed by atoms with Crippen molar-refractivity contribution in [1.82, 2.24) is 0 Å². The maximum Gasteiger partial charge on any atom is 0.200 e. The minimum atomic E-state index is -1.80. The molecule has 0 saturated heterocycles. The van der Waals surface area contributed by atoms with Crippen molar-refractivity contribution in [3.05, 3.63) is 0 Å². The van der Waals surface area contributed by atoms with E-state index in [1.807, 2.05) is 0 Å². The molecule has 0 aromatic carbocycles. The highest BCUT2D eigenvalue weighted by Gasteiger charge is 2.61. The zero-order valence-corrected chi connectivity index (χ0v) is 25.2. The molecule has 0 radical (unpaired) electrons. The first-order valence-electron chi connectivity index (χ1n) is 15.2. The minimum absolute atomic E-state index is 0.371. The standard InChI is InChI=1S/C31H58O2Si/c1-20(2)34(21(3)4,22(5)6)33-25-14-16-30(8)24(18-25)10-11-26-28-13-12-27(23(7)19-32)31(28,9)17-15-29(26)30/h20-29,32H,10-19H2,1-9H3/t23?,24-,25-,26-,27+,28-,29-,30-,31+/m0/s1. The lowest BCUT2D eigenvalue weighted by Gasteiger charge is -2.62. The van der Waals surface area contributed by atoms with Crippen LogP contribution in [0.1, 0.15) is 120 Å². The van der Waals surface area contributed by atoms with Gasteiger partial charge in [0.15, 0.2) is 0 Å². The summed E-state index contributed by atoms with van der Waals surface area (Å²) in [5.41, 5.74) is 3.06. The monoisotopic (exact) mass is 490 g/mol. The second kappa shape index (κ2) is 9.79. The predicted octanol–water partition coefficient (Wildman–Crippen LogP) is 8.83. The quantitative estimate of drug-likeness (QED) is 0.361. The van der Waals surface area contributed by atoms with Gasteiger partial charge in [-0.05, 0) is 121 Å². The molecule has 198 valence electrons. The van der Waals surface area contributed by atoms with Crippen LogP contribution in [-0.4, -0.2) is 26.1 Å². The molecule has 9 atom stereocenters. The Hall–Kier alpha value is 0.137. The first-order valence-corrected chi connectivity index (χ1v) is 17.3. The van der Waals surface area contributed by atoms with Crippen LogP contribution in [0.3, 0.4) is 0 Å². The Morgan fingerprint density at radius 3 is 1.94 bits per heavy atom. The van der Waals surface area contributed by atoms with Crippen LogP contribution in [0.15, 0.2) is 0 Å². The number of rotatable bonds is 7. The molecule has 0 amide bonds. The molecule has 0 aromatic rings. The Morgan fingerprint density at radius 1 is 0.765 bits per heavy atom. The van der Waals surface area contributed by atoms with Gasteiger partial charge in [-0.15, -0.1) is 0 Å². The lowest BCUT2D eigenvalue weighted by Crippen LogP contribution is -2.56. The van der Waals surface area contributed by atoms with Crippen LogP contribution in [0, 0.1) is 46.3 Å². The lowest BCUT2D eigenvalue weighted by molar-refractivity contribution is -0.128. The Bertz CT molecular complexity index is 682. The van der Waals surface area contributed by atoms with Crippen molar-refractivity contribution in [1.29, 1.82) is 0 Å². The summed E-state index contributed by atoms with van der Waals surface area (Å²) in [6, 6.07) is 0. The molecule has 0 aromatic heterocycles. The van der Waals surface area contributed by atoms with Crippen LogP contribution in [0.25, 0.3) is 0 Å². The van der Waals surface area contributed by atoms with Gasteiger partial charge in [0.25, 0.3) is 0 Å². The van der Waals surface area contributed by atoms with Crippen molar-refractivity contribution in [3.8, 4) is 0 Å². The van der Waals surface area contributed by atoms with Crippen molar-refractivity contribution in [2.75, 3.05) is 6.61 Å². The lowest BCUT2D eigenvalue weighted by atomic mass is 9.44. The Balaban J connectivity index is 1.49. The summed E-state index contributed by atoms with van der Waals surface area (Å²) in [6.07, 6.45) is 13.0. The van der Waals surface area contributed by atoms with Crippen molar-refractivity contribution in [2.24, 2.45) is 46.3 Å². The van der Waals surface area contributed by atoms with E-state index in [4.69, 9.17) is 4.43 Å². The van der Waals surface area contributed by atoms with Gasteiger partial charge in [0.2, 0.25) is 8.32 Å². The van der Waals surface area contributed by atoms with Gasteiger partial charge in [0.05, 0.1) is 0 Å². The zero-order valence-electron chi connectivity index (χ0n) is 24.2. The number of aliphatic hydroxyl groups excluding tert-OH is 1. The largest absolute Gasteiger partial charge is 0.413 e. The van der Waals surface area contributed by atoms with Gasteiger partial charge in [0.1, 0.15) is 0 Å². The van der Waals surface area contributed by atoms with Crippen molar-refractivity contribution >= 4 is 8.32 Å². The van der Waals surface area contributed by atoms with E-state index in [2.05, 4.69) is 62.3 Å². The van der Waals surface area contributed by atoms with E-state index in [1.165, 1.54) is 57.8 Å². The molecule has 0 spiro atoms.